The number of halogens is 2. The predicted molar refractivity (Wildman–Crippen MR) is 31.2 cm³/mol. The summed E-state index contributed by atoms with van der Waals surface area (Å²) in [5.74, 6) is -3.80. The van der Waals surface area contributed by atoms with E-state index >= 15 is 0 Å². The monoisotopic (exact) mass is 155 g/mol. The van der Waals surface area contributed by atoms with Gasteiger partial charge in [0.05, 0.1) is 21.2 Å². The average molecular weight is 155 g/mol. The highest BCUT2D eigenvalue weighted by Gasteiger charge is 2.47. The van der Waals surface area contributed by atoms with Gasteiger partial charge < -0.3 is 0 Å². The minimum atomic E-state index is -2.71. The third-order valence-corrected chi connectivity index (χ3v) is 3.62. The Morgan fingerprint density at radius 1 is 1.56 bits per heavy atom. The minimum absolute atomic E-state index is 0.545. The molecule has 0 aromatic heterocycles. The van der Waals surface area contributed by atoms with Gasteiger partial charge >= 0.3 is 0 Å². The molecule has 0 bridgehead atoms. The Balaban J connectivity index is 2.74. The summed E-state index contributed by atoms with van der Waals surface area (Å²) in [4.78, 5) is 0. The first-order valence-corrected chi connectivity index (χ1v) is 4.31. The molecule has 0 N–H and O–H groups in total. The number of nitrogens with zero attached hydrogens (tertiary/aromatic N) is 1. The molecule has 1 aliphatic rings. The Labute approximate surface area is 52.4 Å². The zero-order chi connectivity index (χ0) is 7.12. The van der Waals surface area contributed by atoms with Crippen molar-refractivity contribution in [3.63, 3.8) is 0 Å². The molecule has 1 fully saturated rings. The molecule has 1 saturated heterocycles. The van der Waals surface area contributed by atoms with Crippen LogP contribution in [0.15, 0.2) is 4.36 Å². The summed E-state index contributed by atoms with van der Waals surface area (Å²) < 4.78 is 38.1. The molecule has 0 amide bonds. The van der Waals surface area contributed by atoms with Crippen molar-refractivity contribution >= 4 is 9.73 Å². The molecule has 0 aromatic carbocycles. The van der Waals surface area contributed by atoms with E-state index in [9.17, 15) is 13.0 Å². The minimum Gasteiger partial charge on any atom is -0.249 e. The summed E-state index contributed by atoms with van der Waals surface area (Å²) in [6.45, 7) is 0. The van der Waals surface area contributed by atoms with Gasteiger partial charge in [0.15, 0.2) is 0 Å². The molecule has 0 radical (unpaired) electrons. The van der Waals surface area contributed by atoms with Crippen LogP contribution in [0.25, 0.3) is 0 Å². The SMILES string of the molecule is CN=S1(=O)CC(F)(F)C1. The van der Waals surface area contributed by atoms with Crippen molar-refractivity contribution < 1.29 is 13.0 Å². The largest absolute Gasteiger partial charge is 0.272 e. The lowest BCUT2D eigenvalue weighted by molar-refractivity contribution is 0.0370. The van der Waals surface area contributed by atoms with E-state index in [1.807, 2.05) is 0 Å². The maximum Gasteiger partial charge on any atom is 0.272 e. The van der Waals surface area contributed by atoms with Gasteiger partial charge in [-0.25, -0.2) is 17.4 Å². The van der Waals surface area contributed by atoms with Gasteiger partial charge in [0, 0.05) is 7.05 Å². The van der Waals surface area contributed by atoms with Crippen LogP contribution in [0.1, 0.15) is 0 Å². The average Bonchev–Trinajstić information content (AvgIpc) is 1.61. The first-order chi connectivity index (χ1) is 3.97. The van der Waals surface area contributed by atoms with Crippen molar-refractivity contribution in [2.75, 3.05) is 18.6 Å². The number of alkyl halides is 2. The predicted octanol–water partition coefficient (Wildman–Crippen LogP) is 0.733. The van der Waals surface area contributed by atoms with Crippen LogP contribution in [0.2, 0.25) is 0 Å². The molecular formula is C4H7F2NOS. The van der Waals surface area contributed by atoms with Gasteiger partial charge in [0.1, 0.15) is 0 Å². The summed E-state index contributed by atoms with van der Waals surface area (Å²) in [7, 11) is -1.14. The first-order valence-electron chi connectivity index (χ1n) is 2.46. The molecule has 0 saturated carbocycles. The summed E-state index contributed by atoms with van der Waals surface area (Å²) in [6, 6.07) is 0. The van der Waals surface area contributed by atoms with Crippen LogP contribution in [0, 0.1) is 0 Å². The molecule has 1 rings (SSSR count). The van der Waals surface area contributed by atoms with Crippen molar-refractivity contribution in [1.82, 2.24) is 0 Å². The van der Waals surface area contributed by atoms with Crippen molar-refractivity contribution in [1.29, 1.82) is 0 Å². The fourth-order valence-electron chi connectivity index (χ4n) is 0.747. The number of hydrogen-bond acceptors (Lipinski definition) is 2. The summed E-state index contributed by atoms with van der Waals surface area (Å²) in [5, 5.41) is 0. The smallest absolute Gasteiger partial charge is 0.249 e. The molecule has 9 heavy (non-hydrogen) atoms. The molecule has 1 heterocycles. The van der Waals surface area contributed by atoms with Gasteiger partial charge in [-0.3, -0.25) is 0 Å². The van der Waals surface area contributed by atoms with E-state index in [4.69, 9.17) is 0 Å². The zero-order valence-electron chi connectivity index (χ0n) is 4.93. The van der Waals surface area contributed by atoms with Crippen molar-refractivity contribution in [3.05, 3.63) is 0 Å². The maximum atomic E-state index is 12.0. The van der Waals surface area contributed by atoms with Crippen LogP contribution < -0.4 is 0 Å². The van der Waals surface area contributed by atoms with Crippen LogP contribution in [0.4, 0.5) is 8.78 Å². The highest BCUT2D eigenvalue weighted by Crippen LogP contribution is 2.30. The van der Waals surface area contributed by atoms with E-state index in [-0.39, 0.29) is 0 Å². The first kappa shape index (κ1) is 6.92. The van der Waals surface area contributed by atoms with Gasteiger partial charge in [-0.1, -0.05) is 0 Å². The molecule has 0 atom stereocenters. The number of rotatable bonds is 0. The third kappa shape index (κ3) is 1.20. The standard InChI is InChI=1S/C4H7F2NOS/c1-7-9(8)2-4(5,6)3-9/h2-3H2,1H3. The van der Waals surface area contributed by atoms with E-state index in [2.05, 4.69) is 4.36 Å². The molecule has 0 unspecified atom stereocenters. The lowest BCUT2D eigenvalue weighted by Crippen LogP contribution is -2.47. The van der Waals surface area contributed by atoms with Crippen LogP contribution >= 0.6 is 0 Å². The van der Waals surface area contributed by atoms with Crippen molar-refractivity contribution in [2.45, 2.75) is 5.92 Å². The second-order valence-corrected chi connectivity index (χ2v) is 4.59. The molecule has 0 aromatic rings. The van der Waals surface area contributed by atoms with E-state index in [1.54, 1.807) is 0 Å². The zero-order valence-corrected chi connectivity index (χ0v) is 5.75. The summed E-state index contributed by atoms with van der Waals surface area (Å²) in [6.07, 6.45) is 0. The van der Waals surface area contributed by atoms with E-state index in [1.165, 1.54) is 7.05 Å². The Bertz CT molecular complexity index is 215. The fraction of sp³-hybridized carbons (Fsp3) is 1.00. The maximum absolute atomic E-state index is 12.0. The highest BCUT2D eigenvalue weighted by atomic mass is 32.2. The fourth-order valence-corrected chi connectivity index (χ4v) is 2.24. The molecule has 0 spiro atoms. The molecule has 54 valence electrons. The Morgan fingerprint density at radius 2 is 2.00 bits per heavy atom. The number of hydrogen-bond donors (Lipinski definition) is 0. The topological polar surface area (TPSA) is 29.4 Å². The van der Waals surface area contributed by atoms with Crippen molar-refractivity contribution in [3.8, 4) is 0 Å². The molecular weight excluding hydrogens is 148 g/mol. The van der Waals surface area contributed by atoms with Gasteiger partial charge in [-0.05, 0) is 0 Å². The normalized spacial score (nSPS) is 28.8. The quantitative estimate of drug-likeness (QED) is 0.507. The van der Waals surface area contributed by atoms with Crippen LogP contribution in [-0.4, -0.2) is 28.7 Å². The Kier molecular flexibility index (Phi) is 1.27. The Morgan fingerprint density at radius 3 is 2.11 bits per heavy atom. The van der Waals surface area contributed by atoms with Crippen molar-refractivity contribution in [2.24, 2.45) is 4.36 Å². The van der Waals surface area contributed by atoms with Gasteiger partial charge in [-0.2, -0.15) is 0 Å². The van der Waals surface area contributed by atoms with Gasteiger partial charge in [0.2, 0.25) is 0 Å². The summed E-state index contributed by atoms with van der Waals surface area (Å²) in [5.41, 5.74) is 0. The highest BCUT2D eigenvalue weighted by molar-refractivity contribution is 7.95. The second-order valence-electron chi connectivity index (χ2n) is 2.10. The summed E-state index contributed by atoms with van der Waals surface area (Å²) >= 11 is 0. The lowest BCUT2D eigenvalue weighted by atomic mass is 10.4. The molecule has 1 aliphatic heterocycles. The van der Waals surface area contributed by atoms with Gasteiger partial charge in [-0.15, -0.1) is 0 Å². The lowest BCUT2D eigenvalue weighted by Gasteiger charge is -2.28. The Hall–Kier alpha value is -0.190. The van der Waals surface area contributed by atoms with Crippen LogP contribution in [0.3, 0.4) is 0 Å². The van der Waals surface area contributed by atoms with Gasteiger partial charge in [0.25, 0.3) is 5.92 Å². The van der Waals surface area contributed by atoms with E-state index < -0.39 is 27.2 Å². The van der Waals surface area contributed by atoms with Crippen LogP contribution in [0.5, 0.6) is 0 Å². The molecule has 5 heteroatoms. The van der Waals surface area contributed by atoms with E-state index in [0.29, 0.717) is 0 Å². The molecule has 0 aliphatic carbocycles. The molecule has 2 nitrogen and oxygen atoms in total. The van der Waals surface area contributed by atoms with Crippen LogP contribution in [-0.2, 0) is 9.73 Å². The van der Waals surface area contributed by atoms with E-state index in [0.717, 1.165) is 0 Å². The second kappa shape index (κ2) is 1.65. The third-order valence-electron chi connectivity index (χ3n) is 1.21.